The lowest BCUT2D eigenvalue weighted by atomic mass is 9.87. The molecule has 4 rings (SSSR count). The van der Waals surface area contributed by atoms with Gasteiger partial charge in [0.1, 0.15) is 0 Å². The molecule has 0 radical (unpaired) electrons. The molecule has 0 bridgehead atoms. The Morgan fingerprint density at radius 2 is 1.95 bits per heavy atom. The molecule has 0 unspecified atom stereocenters. The number of nitrogens with one attached hydrogen (secondary N) is 1. The van der Waals surface area contributed by atoms with Crippen LogP contribution in [0.15, 0.2) is 48.5 Å². The van der Waals surface area contributed by atoms with Crippen LogP contribution in [0.2, 0.25) is 5.02 Å². The number of rotatable bonds is 2. The number of halogens is 1. The van der Waals surface area contributed by atoms with Crippen molar-refractivity contribution in [2.45, 2.75) is 18.9 Å². The van der Waals surface area contributed by atoms with E-state index in [1.54, 1.807) is 0 Å². The van der Waals surface area contributed by atoms with Gasteiger partial charge in [-0.1, -0.05) is 41.9 Å². The van der Waals surface area contributed by atoms with Crippen LogP contribution in [0.5, 0.6) is 0 Å². The van der Waals surface area contributed by atoms with E-state index in [2.05, 4.69) is 52.7 Å². The van der Waals surface area contributed by atoms with E-state index in [-0.39, 0.29) is 0 Å². The van der Waals surface area contributed by atoms with Crippen LogP contribution in [0.25, 0.3) is 0 Å². The third kappa shape index (κ3) is 2.73. The van der Waals surface area contributed by atoms with Gasteiger partial charge in [0.05, 0.1) is 0 Å². The zero-order valence-electron chi connectivity index (χ0n) is 12.6. The van der Waals surface area contributed by atoms with Gasteiger partial charge in [-0.25, -0.2) is 0 Å². The SMILES string of the molecule is Clc1ccc2c(c1)[C@H]1CN(Cc3ccccc3)C[C@@H]1CCN2. The van der Waals surface area contributed by atoms with Crippen molar-refractivity contribution in [3.8, 4) is 0 Å². The lowest BCUT2D eigenvalue weighted by Crippen LogP contribution is -2.21. The highest BCUT2D eigenvalue weighted by Gasteiger charge is 2.36. The first-order valence-electron chi connectivity index (χ1n) is 8.09. The minimum Gasteiger partial charge on any atom is -0.385 e. The fourth-order valence-corrected chi connectivity index (χ4v) is 4.15. The Hall–Kier alpha value is -1.51. The number of nitrogens with zero attached hydrogens (tertiary/aromatic N) is 1. The van der Waals surface area contributed by atoms with Crippen molar-refractivity contribution >= 4 is 17.3 Å². The molecule has 0 amide bonds. The summed E-state index contributed by atoms with van der Waals surface area (Å²) in [5.41, 5.74) is 4.09. The van der Waals surface area contributed by atoms with Gasteiger partial charge < -0.3 is 5.32 Å². The molecule has 1 saturated heterocycles. The number of hydrogen-bond acceptors (Lipinski definition) is 2. The summed E-state index contributed by atoms with van der Waals surface area (Å²) in [5, 5.41) is 4.42. The number of anilines is 1. The summed E-state index contributed by atoms with van der Waals surface area (Å²) in [6, 6.07) is 17.1. The minimum absolute atomic E-state index is 0.604. The lowest BCUT2D eigenvalue weighted by Gasteiger charge is -2.18. The lowest BCUT2D eigenvalue weighted by molar-refractivity contribution is 0.314. The largest absolute Gasteiger partial charge is 0.385 e. The van der Waals surface area contributed by atoms with Crippen molar-refractivity contribution in [3.63, 3.8) is 0 Å². The molecular weight excluding hydrogens is 292 g/mol. The van der Waals surface area contributed by atoms with Gasteiger partial charge in [-0.15, -0.1) is 0 Å². The normalized spacial score (nSPS) is 24.2. The van der Waals surface area contributed by atoms with E-state index in [1.165, 1.54) is 29.8 Å². The number of fused-ring (bicyclic) bond motifs is 3. The molecule has 3 heteroatoms. The van der Waals surface area contributed by atoms with Crippen LogP contribution in [-0.2, 0) is 6.54 Å². The highest BCUT2D eigenvalue weighted by molar-refractivity contribution is 6.30. The van der Waals surface area contributed by atoms with Crippen LogP contribution in [-0.4, -0.2) is 24.5 Å². The van der Waals surface area contributed by atoms with Crippen LogP contribution < -0.4 is 5.32 Å². The van der Waals surface area contributed by atoms with Gasteiger partial charge in [0.25, 0.3) is 0 Å². The molecule has 0 aromatic heterocycles. The van der Waals surface area contributed by atoms with Crippen LogP contribution >= 0.6 is 11.6 Å². The Labute approximate surface area is 137 Å². The van der Waals surface area contributed by atoms with Crippen LogP contribution in [0.3, 0.4) is 0 Å². The third-order valence-electron chi connectivity index (χ3n) is 5.01. The topological polar surface area (TPSA) is 15.3 Å². The maximum atomic E-state index is 6.25. The first kappa shape index (κ1) is 14.1. The second-order valence-corrected chi connectivity index (χ2v) is 6.93. The van der Waals surface area contributed by atoms with Crippen molar-refractivity contribution in [2.24, 2.45) is 5.92 Å². The Balaban J connectivity index is 1.57. The number of benzene rings is 2. The Bertz CT molecular complexity index is 656. The van der Waals surface area contributed by atoms with E-state index >= 15 is 0 Å². The summed E-state index contributed by atoms with van der Waals surface area (Å²) in [7, 11) is 0. The highest BCUT2D eigenvalue weighted by Crippen LogP contribution is 2.41. The quantitative estimate of drug-likeness (QED) is 0.885. The zero-order valence-corrected chi connectivity index (χ0v) is 13.4. The molecule has 0 aliphatic carbocycles. The first-order valence-corrected chi connectivity index (χ1v) is 8.47. The predicted octanol–water partition coefficient (Wildman–Crippen LogP) is 4.37. The van der Waals surface area contributed by atoms with Crippen LogP contribution in [0, 0.1) is 5.92 Å². The fraction of sp³-hybridized carbons (Fsp3) is 0.368. The molecule has 2 aromatic carbocycles. The van der Waals surface area contributed by atoms with E-state index in [9.17, 15) is 0 Å². The van der Waals surface area contributed by atoms with Crippen molar-refractivity contribution in [1.82, 2.24) is 4.90 Å². The summed E-state index contributed by atoms with van der Waals surface area (Å²) >= 11 is 6.25. The molecule has 1 N–H and O–H groups in total. The average molecular weight is 313 g/mol. The zero-order chi connectivity index (χ0) is 14.9. The number of likely N-dealkylation sites (tertiary alicyclic amines) is 1. The Morgan fingerprint density at radius 3 is 2.82 bits per heavy atom. The Morgan fingerprint density at radius 1 is 1.09 bits per heavy atom. The van der Waals surface area contributed by atoms with Gasteiger partial charge >= 0.3 is 0 Å². The summed E-state index contributed by atoms with van der Waals surface area (Å²) in [4.78, 5) is 2.60. The molecule has 2 aromatic rings. The molecule has 114 valence electrons. The summed E-state index contributed by atoms with van der Waals surface area (Å²) in [5.74, 6) is 1.34. The monoisotopic (exact) mass is 312 g/mol. The average Bonchev–Trinajstić information content (AvgIpc) is 2.85. The maximum Gasteiger partial charge on any atom is 0.0410 e. The first-order chi connectivity index (χ1) is 10.8. The van der Waals surface area contributed by atoms with Gasteiger partial charge in [0.2, 0.25) is 0 Å². The van der Waals surface area contributed by atoms with Crippen molar-refractivity contribution in [1.29, 1.82) is 0 Å². The molecule has 22 heavy (non-hydrogen) atoms. The molecule has 2 aliphatic rings. The van der Waals surface area contributed by atoms with Crippen molar-refractivity contribution in [2.75, 3.05) is 25.0 Å². The molecule has 0 saturated carbocycles. The van der Waals surface area contributed by atoms with Gasteiger partial charge in [0.15, 0.2) is 0 Å². The van der Waals surface area contributed by atoms with Crippen molar-refractivity contribution < 1.29 is 0 Å². The smallest absolute Gasteiger partial charge is 0.0410 e. The molecule has 0 spiro atoms. The van der Waals surface area contributed by atoms with E-state index in [1.807, 2.05) is 6.07 Å². The summed E-state index contributed by atoms with van der Waals surface area (Å²) in [6.07, 6.45) is 1.24. The maximum absolute atomic E-state index is 6.25. The van der Waals surface area contributed by atoms with Crippen molar-refractivity contribution in [3.05, 3.63) is 64.7 Å². The van der Waals surface area contributed by atoms with Gasteiger partial charge in [-0.05, 0) is 41.7 Å². The molecule has 2 nitrogen and oxygen atoms in total. The second kappa shape index (κ2) is 5.94. The van der Waals surface area contributed by atoms with E-state index in [0.29, 0.717) is 5.92 Å². The van der Waals surface area contributed by atoms with Gasteiger partial charge in [-0.2, -0.15) is 0 Å². The molecule has 2 aliphatic heterocycles. The summed E-state index contributed by atoms with van der Waals surface area (Å²) in [6.45, 7) is 4.44. The summed E-state index contributed by atoms with van der Waals surface area (Å²) < 4.78 is 0. The molecule has 2 atom stereocenters. The third-order valence-corrected chi connectivity index (χ3v) is 5.24. The van der Waals surface area contributed by atoms with Crippen LogP contribution in [0.4, 0.5) is 5.69 Å². The van der Waals surface area contributed by atoms with Crippen LogP contribution in [0.1, 0.15) is 23.5 Å². The predicted molar refractivity (Wildman–Crippen MR) is 92.5 cm³/mol. The van der Waals surface area contributed by atoms with E-state index in [0.717, 1.165) is 30.6 Å². The number of hydrogen-bond donors (Lipinski definition) is 1. The molecule has 2 heterocycles. The van der Waals surface area contributed by atoms with Gasteiger partial charge in [-0.3, -0.25) is 4.90 Å². The van der Waals surface area contributed by atoms with E-state index < -0.39 is 0 Å². The second-order valence-electron chi connectivity index (χ2n) is 6.49. The molecular formula is C19H21ClN2. The standard InChI is InChI=1S/C19H21ClN2/c20-16-6-7-19-17(10-16)18-13-22(12-15(18)8-9-21-19)11-14-4-2-1-3-5-14/h1-7,10,15,18,21H,8-9,11-13H2/t15-,18-/m0/s1. The molecule has 1 fully saturated rings. The highest BCUT2D eigenvalue weighted by atomic mass is 35.5. The van der Waals surface area contributed by atoms with Gasteiger partial charge in [0, 0.05) is 42.8 Å². The minimum atomic E-state index is 0.604. The fourth-order valence-electron chi connectivity index (χ4n) is 3.97. The Kier molecular flexibility index (Phi) is 3.81. The van der Waals surface area contributed by atoms with E-state index in [4.69, 9.17) is 11.6 Å².